The van der Waals surface area contributed by atoms with E-state index in [9.17, 15) is 19.2 Å². The maximum atomic E-state index is 15.0. The molecule has 0 spiro atoms. The second-order valence-electron chi connectivity index (χ2n) is 12.3. The molecule has 1 aromatic heterocycles. The van der Waals surface area contributed by atoms with Crippen molar-refractivity contribution in [1.29, 1.82) is 0 Å². The minimum atomic E-state index is -1.15. The van der Waals surface area contributed by atoms with Crippen LogP contribution in [0, 0.1) is 11.7 Å². The topological polar surface area (TPSA) is 167 Å². The molecule has 15 heteroatoms. The fourth-order valence-corrected chi connectivity index (χ4v) is 5.45. The molecule has 248 valence electrons. The lowest BCUT2D eigenvalue weighted by Crippen LogP contribution is -2.47. The molecule has 3 unspecified atom stereocenters. The number of rotatable bonds is 11. The van der Waals surface area contributed by atoms with Crippen molar-refractivity contribution in [2.45, 2.75) is 57.8 Å². The first kappa shape index (κ1) is 32.7. The number of amides is 3. The van der Waals surface area contributed by atoms with E-state index in [4.69, 9.17) is 23.7 Å². The summed E-state index contributed by atoms with van der Waals surface area (Å²) in [6.45, 7) is 6.26. The van der Waals surface area contributed by atoms with Crippen LogP contribution in [0.15, 0.2) is 24.3 Å². The van der Waals surface area contributed by atoms with Gasteiger partial charge in [-0.2, -0.15) is 0 Å². The number of carbonyl (C=O) groups is 4. The number of alkyl carbamates (subject to hydrolysis) is 1. The lowest BCUT2D eigenvalue weighted by atomic mass is 10.1. The Labute approximate surface area is 265 Å². The third-order valence-corrected chi connectivity index (χ3v) is 7.54. The number of halogens is 1. The summed E-state index contributed by atoms with van der Waals surface area (Å²) >= 11 is 0. The third-order valence-electron chi connectivity index (χ3n) is 7.54. The molecule has 3 amide bonds. The molecule has 1 fully saturated rings. The van der Waals surface area contributed by atoms with Crippen molar-refractivity contribution in [2.24, 2.45) is 5.92 Å². The van der Waals surface area contributed by atoms with Crippen molar-refractivity contribution in [2.75, 3.05) is 50.2 Å². The van der Waals surface area contributed by atoms with E-state index >= 15 is 4.39 Å². The molecule has 0 saturated carbocycles. The number of aromatic nitrogens is 1. The van der Waals surface area contributed by atoms with Gasteiger partial charge < -0.3 is 39.6 Å². The summed E-state index contributed by atoms with van der Waals surface area (Å²) in [7, 11) is 1.19. The molecule has 1 aliphatic carbocycles. The van der Waals surface area contributed by atoms with Crippen molar-refractivity contribution in [3.63, 3.8) is 0 Å². The highest BCUT2D eigenvalue weighted by Gasteiger charge is 2.34. The van der Waals surface area contributed by atoms with Crippen molar-refractivity contribution in [3.05, 3.63) is 41.2 Å². The second-order valence-corrected chi connectivity index (χ2v) is 12.3. The van der Waals surface area contributed by atoms with Crippen LogP contribution >= 0.6 is 0 Å². The molecule has 2 aromatic rings. The fraction of sp³-hybridized carbons (Fsp3) is 0.516. The molecule has 46 heavy (non-hydrogen) atoms. The molecule has 1 saturated heterocycles. The quantitative estimate of drug-likeness (QED) is 0.187. The van der Waals surface area contributed by atoms with Gasteiger partial charge in [0.2, 0.25) is 0 Å². The molecule has 5 rings (SSSR count). The lowest BCUT2D eigenvalue weighted by molar-refractivity contribution is -0.143. The monoisotopic (exact) mass is 643 g/mol. The Bertz CT molecular complexity index is 1500. The number of esters is 1. The van der Waals surface area contributed by atoms with Gasteiger partial charge >= 0.3 is 18.2 Å². The Balaban J connectivity index is 1.07. The summed E-state index contributed by atoms with van der Waals surface area (Å²) in [4.78, 5) is 54.2. The van der Waals surface area contributed by atoms with E-state index in [0.717, 1.165) is 5.56 Å². The van der Waals surface area contributed by atoms with Crippen LogP contribution in [-0.4, -0.2) is 86.8 Å². The first-order valence-corrected chi connectivity index (χ1v) is 15.0. The molecule has 3 aliphatic rings. The zero-order chi connectivity index (χ0) is 33.0. The zero-order valence-electron chi connectivity index (χ0n) is 26.1. The number of hydrogen-bond acceptors (Lipinski definition) is 11. The molecule has 1 aromatic carbocycles. The number of cyclic esters (lactones) is 1. The smallest absolute Gasteiger partial charge is 0.415 e. The van der Waals surface area contributed by atoms with Crippen LogP contribution in [0.2, 0.25) is 0 Å². The van der Waals surface area contributed by atoms with Crippen LogP contribution in [0.4, 0.5) is 25.6 Å². The molecular formula is C31H38FN5O9. The minimum Gasteiger partial charge on any atom is -0.491 e. The molecule has 3 heterocycles. The van der Waals surface area contributed by atoms with E-state index in [1.807, 2.05) is 0 Å². The summed E-state index contributed by atoms with van der Waals surface area (Å²) in [5.74, 6) is 0.0132. The number of benzene rings is 1. The standard InChI is InChI=1S/C31H38FN5O9/c1-31(2,3)46-29(40)34-23(28(39)42-4)15-43-20-11-18-9-17(10-21(18)22(32)12-20)13-33-8-7-19-14-37(30(41)45-19)25-6-5-24-27(35-25)36-26(38)16-44-24/h5-6,11-12,17,19,23,33H,7-10,13-16H2,1-4H3,(H,34,40)(H,35,36,38). The number of ether oxygens (including phenoxy) is 5. The van der Waals surface area contributed by atoms with E-state index in [1.54, 1.807) is 39.0 Å². The molecule has 14 nitrogen and oxygen atoms in total. The first-order chi connectivity index (χ1) is 21.9. The Kier molecular flexibility index (Phi) is 9.79. The normalized spacial score (nSPS) is 19.3. The number of anilines is 2. The van der Waals surface area contributed by atoms with E-state index in [0.29, 0.717) is 56.0 Å². The first-order valence-electron chi connectivity index (χ1n) is 15.0. The predicted octanol–water partition coefficient (Wildman–Crippen LogP) is 2.72. The highest BCUT2D eigenvalue weighted by Crippen LogP contribution is 2.33. The van der Waals surface area contributed by atoms with E-state index in [2.05, 4.69) is 20.9 Å². The third kappa shape index (κ3) is 8.13. The number of nitrogens with zero attached hydrogens (tertiary/aromatic N) is 2. The molecule has 3 atom stereocenters. The van der Waals surface area contributed by atoms with Crippen molar-refractivity contribution < 1.29 is 47.3 Å². The highest BCUT2D eigenvalue weighted by atomic mass is 19.1. The van der Waals surface area contributed by atoms with Gasteiger partial charge in [0.05, 0.1) is 13.7 Å². The van der Waals surface area contributed by atoms with Gasteiger partial charge in [-0.3, -0.25) is 9.69 Å². The predicted molar refractivity (Wildman–Crippen MR) is 161 cm³/mol. The minimum absolute atomic E-state index is 0.0816. The summed E-state index contributed by atoms with van der Waals surface area (Å²) in [5, 5.41) is 8.44. The van der Waals surface area contributed by atoms with Gasteiger partial charge in [-0.25, -0.2) is 23.8 Å². The van der Waals surface area contributed by atoms with Crippen molar-refractivity contribution in [1.82, 2.24) is 15.6 Å². The number of fused-ring (bicyclic) bond motifs is 2. The van der Waals surface area contributed by atoms with Gasteiger partial charge in [-0.1, -0.05) is 0 Å². The number of carbonyl (C=O) groups excluding carboxylic acids is 4. The Morgan fingerprint density at radius 1 is 1.22 bits per heavy atom. The maximum Gasteiger partial charge on any atom is 0.415 e. The number of nitrogens with one attached hydrogen (secondary N) is 3. The molecule has 0 radical (unpaired) electrons. The maximum absolute atomic E-state index is 15.0. The van der Waals surface area contributed by atoms with E-state index in [-0.39, 0.29) is 42.7 Å². The fourth-order valence-electron chi connectivity index (χ4n) is 5.45. The van der Waals surface area contributed by atoms with Gasteiger partial charge in [0.1, 0.15) is 35.7 Å². The van der Waals surface area contributed by atoms with E-state index < -0.39 is 35.6 Å². The number of hydrogen-bond donors (Lipinski definition) is 3. The largest absolute Gasteiger partial charge is 0.491 e. The van der Waals surface area contributed by atoms with Crippen molar-refractivity contribution >= 4 is 35.7 Å². The van der Waals surface area contributed by atoms with E-state index in [1.165, 1.54) is 18.1 Å². The summed E-state index contributed by atoms with van der Waals surface area (Å²) in [6, 6.07) is 5.17. The van der Waals surface area contributed by atoms with Crippen LogP contribution in [0.3, 0.4) is 0 Å². The van der Waals surface area contributed by atoms with Crippen LogP contribution in [-0.2, 0) is 36.6 Å². The van der Waals surface area contributed by atoms with Gasteiger partial charge in [-0.15, -0.1) is 0 Å². The van der Waals surface area contributed by atoms with Gasteiger partial charge in [0.15, 0.2) is 24.2 Å². The van der Waals surface area contributed by atoms with Crippen LogP contribution < -0.4 is 30.3 Å². The van der Waals surface area contributed by atoms with Gasteiger partial charge in [-0.05, 0) is 88.4 Å². The van der Waals surface area contributed by atoms with Crippen LogP contribution in [0.1, 0.15) is 38.3 Å². The molecule has 0 bridgehead atoms. The summed E-state index contributed by atoms with van der Waals surface area (Å²) in [6.07, 6.45) is 0.0829. The summed E-state index contributed by atoms with van der Waals surface area (Å²) in [5.41, 5.74) is 0.676. The Morgan fingerprint density at radius 3 is 2.78 bits per heavy atom. The van der Waals surface area contributed by atoms with Gasteiger partial charge in [0, 0.05) is 6.07 Å². The SMILES string of the molecule is COC(=O)C(COc1cc(F)c2c(c1)CC(CNCCC1CN(c3ccc4c(n3)NC(=O)CO4)C(=O)O1)C2)NC(=O)OC(C)(C)C. The number of methoxy groups -OCH3 is 1. The highest BCUT2D eigenvalue weighted by molar-refractivity contribution is 5.95. The molecule has 2 aliphatic heterocycles. The van der Waals surface area contributed by atoms with Crippen LogP contribution in [0.25, 0.3) is 0 Å². The Hall–Kier alpha value is -4.66. The second kappa shape index (κ2) is 13.8. The molecule has 3 N–H and O–H groups in total. The average molecular weight is 644 g/mol. The average Bonchev–Trinajstić information content (AvgIpc) is 3.58. The Morgan fingerprint density at radius 2 is 2.02 bits per heavy atom. The van der Waals surface area contributed by atoms with Gasteiger partial charge in [0.25, 0.3) is 5.91 Å². The van der Waals surface area contributed by atoms with Crippen LogP contribution in [0.5, 0.6) is 11.5 Å². The molecular weight excluding hydrogens is 605 g/mol. The summed E-state index contributed by atoms with van der Waals surface area (Å²) < 4.78 is 41.5. The van der Waals surface area contributed by atoms with Crippen molar-refractivity contribution in [3.8, 4) is 11.5 Å². The zero-order valence-corrected chi connectivity index (χ0v) is 26.1. The lowest BCUT2D eigenvalue weighted by Gasteiger charge is -2.22. The number of pyridine rings is 1.